The van der Waals surface area contributed by atoms with E-state index in [1.54, 1.807) is 24.3 Å². The molecule has 1 aromatic heterocycles. The van der Waals surface area contributed by atoms with Gasteiger partial charge in [-0.15, -0.1) is 0 Å². The summed E-state index contributed by atoms with van der Waals surface area (Å²) < 4.78 is 0. The summed E-state index contributed by atoms with van der Waals surface area (Å²) in [6, 6.07) is 6.37. The molecule has 0 fully saturated rings. The third kappa shape index (κ3) is 4.86. The molecule has 2 aromatic rings. The van der Waals surface area contributed by atoms with Gasteiger partial charge in [-0.05, 0) is 30.2 Å². The average Bonchev–Trinajstić information content (AvgIpc) is 2.44. The molecule has 0 aliphatic carbocycles. The third-order valence-electron chi connectivity index (χ3n) is 2.68. The summed E-state index contributed by atoms with van der Waals surface area (Å²) in [5.41, 5.74) is 0.773. The minimum Gasteiger partial charge on any atom is -0.354 e. The number of aromatic nitrogens is 2. The normalized spacial score (nSPS) is 10.6. The van der Waals surface area contributed by atoms with Crippen LogP contribution in [0.3, 0.4) is 0 Å². The van der Waals surface area contributed by atoms with Crippen LogP contribution in [0.2, 0.25) is 10.0 Å². The molecule has 0 atom stereocenters. The van der Waals surface area contributed by atoms with Gasteiger partial charge in [0.25, 0.3) is 5.91 Å². The molecule has 0 saturated heterocycles. The Labute approximate surface area is 139 Å². The second-order valence-electron chi connectivity index (χ2n) is 5.15. The van der Waals surface area contributed by atoms with Crippen LogP contribution in [0.5, 0.6) is 0 Å². The molecule has 0 unspecified atom stereocenters. The highest BCUT2D eigenvalue weighted by molar-refractivity contribution is 6.35. The first-order valence-electron chi connectivity index (χ1n) is 6.78. The Morgan fingerprint density at radius 1 is 1.23 bits per heavy atom. The zero-order valence-corrected chi connectivity index (χ0v) is 13.7. The standard InChI is InChI=1S/C15H16Cl2N4O/c1-9(2)8-19-15-18-4-3-13(21-15)14(22)20-12-6-10(16)5-11(17)7-12/h3-7,9H,8H2,1-2H3,(H,20,22)(H,18,19,21). The number of nitrogens with one attached hydrogen (secondary N) is 2. The summed E-state index contributed by atoms with van der Waals surface area (Å²) in [5.74, 6) is 0.522. The Kier molecular flexibility index (Phi) is 5.57. The lowest BCUT2D eigenvalue weighted by atomic mass is 10.2. The van der Waals surface area contributed by atoms with Crippen LogP contribution in [0.1, 0.15) is 24.3 Å². The van der Waals surface area contributed by atoms with E-state index in [9.17, 15) is 4.79 Å². The maximum Gasteiger partial charge on any atom is 0.274 e. The van der Waals surface area contributed by atoms with Gasteiger partial charge >= 0.3 is 0 Å². The zero-order chi connectivity index (χ0) is 16.1. The van der Waals surface area contributed by atoms with Gasteiger partial charge in [-0.1, -0.05) is 37.0 Å². The fourth-order valence-corrected chi connectivity index (χ4v) is 2.21. The SMILES string of the molecule is CC(C)CNc1nccc(C(=O)Nc2cc(Cl)cc(Cl)c2)n1. The van der Waals surface area contributed by atoms with E-state index in [1.807, 2.05) is 0 Å². The van der Waals surface area contributed by atoms with Crippen molar-refractivity contribution in [2.24, 2.45) is 5.92 Å². The summed E-state index contributed by atoms with van der Waals surface area (Å²) in [6.07, 6.45) is 1.54. The van der Waals surface area contributed by atoms with Crippen LogP contribution >= 0.6 is 23.2 Å². The number of hydrogen-bond acceptors (Lipinski definition) is 4. The van der Waals surface area contributed by atoms with Gasteiger partial charge in [0, 0.05) is 28.5 Å². The van der Waals surface area contributed by atoms with Crippen LogP contribution in [0, 0.1) is 5.92 Å². The molecule has 0 radical (unpaired) electrons. The number of carbonyl (C=O) groups is 1. The molecule has 5 nitrogen and oxygen atoms in total. The predicted molar refractivity (Wildman–Crippen MR) is 89.8 cm³/mol. The molecular formula is C15H16Cl2N4O. The van der Waals surface area contributed by atoms with Gasteiger partial charge in [0.1, 0.15) is 5.69 Å². The fourth-order valence-electron chi connectivity index (χ4n) is 1.69. The molecular weight excluding hydrogens is 323 g/mol. The van der Waals surface area contributed by atoms with Crippen molar-refractivity contribution >= 4 is 40.7 Å². The second kappa shape index (κ2) is 7.42. The number of anilines is 2. The number of nitrogens with zero attached hydrogens (tertiary/aromatic N) is 2. The highest BCUT2D eigenvalue weighted by Crippen LogP contribution is 2.22. The van der Waals surface area contributed by atoms with E-state index in [2.05, 4.69) is 34.4 Å². The summed E-state index contributed by atoms with van der Waals surface area (Å²) in [6.45, 7) is 4.88. The molecule has 0 saturated carbocycles. The van der Waals surface area contributed by atoms with Gasteiger partial charge in [-0.3, -0.25) is 4.79 Å². The molecule has 116 valence electrons. The summed E-state index contributed by atoms with van der Waals surface area (Å²) >= 11 is 11.8. The Hall–Kier alpha value is -1.85. The van der Waals surface area contributed by atoms with E-state index < -0.39 is 0 Å². The van der Waals surface area contributed by atoms with Crippen LogP contribution in [0.15, 0.2) is 30.5 Å². The zero-order valence-electron chi connectivity index (χ0n) is 12.2. The van der Waals surface area contributed by atoms with E-state index in [0.29, 0.717) is 27.6 Å². The number of rotatable bonds is 5. The minimum absolute atomic E-state index is 0.261. The summed E-state index contributed by atoms with van der Waals surface area (Å²) in [7, 11) is 0. The predicted octanol–water partition coefficient (Wildman–Crippen LogP) is 4.10. The highest BCUT2D eigenvalue weighted by Gasteiger charge is 2.10. The van der Waals surface area contributed by atoms with Crippen molar-refractivity contribution in [1.82, 2.24) is 9.97 Å². The number of amides is 1. The quantitative estimate of drug-likeness (QED) is 0.860. The van der Waals surface area contributed by atoms with E-state index in [1.165, 1.54) is 6.20 Å². The largest absolute Gasteiger partial charge is 0.354 e. The Bertz CT molecular complexity index is 656. The fraction of sp³-hybridized carbons (Fsp3) is 0.267. The topological polar surface area (TPSA) is 66.9 Å². The van der Waals surface area contributed by atoms with Crippen LogP contribution in [0.25, 0.3) is 0 Å². The molecule has 0 aliphatic rings. The van der Waals surface area contributed by atoms with E-state index in [-0.39, 0.29) is 11.6 Å². The molecule has 1 heterocycles. The first-order chi connectivity index (χ1) is 10.4. The smallest absolute Gasteiger partial charge is 0.274 e. The molecule has 1 amide bonds. The van der Waals surface area contributed by atoms with Crippen molar-refractivity contribution in [2.45, 2.75) is 13.8 Å². The Morgan fingerprint density at radius 3 is 2.55 bits per heavy atom. The van der Waals surface area contributed by atoms with Gasteiger partial charge in [0.15, 0.2) is 0 Å². The van der Waals surface area contributed by atoms with Crippen LogP contribution in [-0.4, -0.2) is 22.4 Å². The lowest BCUT2D eigenvalue weighted by Gasteiger charge is -2.09. The van der Waals surface area contributed by atoms with Crippen molar-refractivity contribution in [3.05, 3.63) is 46.2 Å². The molecule has 0 spiro atoms. The first-order valence-corrected chi connectivity index (χ1v) is 7.54. The average molecular weight is 339 g/mol. The number of benzene rings is 1. The van der Waals surface area contributed by atoms with Gasteiger partial charge in [-0.25, -0.2) is 9.97 Å². The van der Waals surface area contributed by atoms with Crippen molar-refractivity contribution in [2.75, 3.05) is 17.2 Å². The third-order valence-corrected chi connectivity index (χ3v) is 3.11. The lowest BCUT2D eigenvalue weighted by Crippen LogP contribution is -2.16. The molecule has 22 heavy (non-hydrogen) atoms. The van der Waals surface area contributed by atoms with Crippen molar-refractivity contribution in [3.63, 3.8) is 0 Å². The van der Waals surface area contributed by atoms with Crippen molar-refractivity contribution in [3.8, 4) is 0 Å². The molecule has 0 aliphatic heterocycles. The Morgan fingerprint density at radius 2 is 1.91 bits per heavy atom. The number of carbonyl (C=O) groups excluding carboxylic acids is 1. The molecule has 0 bridgehead atoms. The van der Waals surface area contributed by atoms with Crippen molar-refractivity contribution in [1.29, 1.82) is 0 Å². The second-order valence-corrected chi connectivity index (χ2v) is 6.03. The van der Waals surface area contributed by atoms with Crippen molar-refractivity contribution < 1.29 is 4.79 Å². The lowest BCUT2D eigenvalue weighted by molar-refractivity contribution is 0.102. The maximum atomic E-state index is 12.2. The van der Waals surface area contributed by atoms with Gasteiger partial charge in [0.05, 0.1) is 0 Å². The molecule has 1 aromatic carbocycles. The van der Waals surface area contributed by atoms with Gasteiger partial charge in [0.2, 0.25) is 5.95 Å². The Balaban J connectivity index is 2.10. The molecule has 2 N–H and O–H groups in total. The van der Waals surface area contributed by atoms with E-state index >= 15 is 0 Å². The van der Waals surface area contributed by atoms with Crippen LogP contribution in [0.4, 0.5) is 11.6 Å². The van der Waals surface area contributed by atoms with Crippen LogP contribution < -0.4 is 10.6 Å². The first kappa shape index (κ1) is 16.5. The highest BCUT2D eigenvalue weighted by atomic mass is 35.5. The van der Waals surface area contributed by atoms with Gasteiger partial charge in [-0.2, -0.15) is 0 Å². The maximum absolute atomic E-state index is 12.2. The summed E-state index contributed by atoms with van der Waals surface area (Å²) in [4.78, 5) is 20.5. The molecule has 7 heteroatoms. The number of halogens is 2. The van der Waals surface area contributed by atoms with E-state index in [0.717, 1.165) is 6.54 Å². The van der Waals surface area contributed by atoms with E-state index in [4.69, 9.17) is 23.2 Å². The minimum atomic E-state index is -0.353. The number of hydrogen-bond donors (Lipinski definition) is 2. The summed E-state index contributed by atoms with van der Waals surface area (Å²) in [5, 5.41) is 6.68. The molecule has 2 rings (SSSR count). The van der Waals surface area contributed by atoms with Gasteiger partial charge < -0.3 is 10.6 Å². The van der Waals surface area contributed by atoms with Crippen LogP contribution in [-0.2, 0) is 0 Å². The monoisotopic (exact) mass is 338 g/mol.